The van der Waals surface area contributed by atoms with Crippen molar-refractivity contribution in [2.45, 2.75) is 49.5 Å². The molecule has 1 aromatic heterocycles. The van der Waals surface area contributed by atoms with Gasteiger partial charge in [0.1, 0.15) is 5.82 Å². The predicted octanol–water partition coefficient (Wildman–Crippen LogP) is 3.36. The highest BCUT2D eigenvalue weighted by Gasteiger charge is 2.21. The maximum Gasteiger partial charge on any atom is 0.240 e. The molecule has 4 rings (SSSR count). The topological polar surface area (TPSA) is 65.5 Å². The summed E-state index contributed by atoms with van der Waals surface area (Å²) in [6.07, 6.45) is 8.05. The van der Waals surface area contributed by atoms with Crippen molar-refractivity contribution < 1.29 is 8.42 Å². The van der Waals surface area contributed by atoms with Gasteiger partial charge in [0.25, 0.3) is 0 Å². The van der Waals surface area contributed by atoms with Crippen LogP contribution in [0.4, 0.5) is 5.82 Å². The summed E-state index contributed by atoms with van der Waals surface area (Å²) in [6, 6.07) is 11.3. The Kier molecular flexibility index (Phi) is 6.71. The zero-order valence-corrected chi connectivity index (χ0v) is 18.6. The molecular formula is C23H32N4O2S. The number of hydrogen-bond acceptors (Lipinski definition) is 5. The summed E-state index contributed by atoms with van der Waals surface area (Å²) in [7, 11) is -1.45. The number of nitrogens with one attached hydrogen (secondary N) is 1. The average molecular weight is 429 g/mol. The smallest absolute Gasteiger partial charge is 0.240 e. The van der Waals surface area contributed by atoms with Crippen molar-refractivity contribution in [1.82, 2.24) is 14.6 Å². The fourth-order valence-electron chi connectivity index (χ4n) is 4.48. The first-order valence-corrected chi connectivity index (χ1v) is 12.5. The van der Waals surface area contributed by atoms with Gasteiger partial charge in [-0.3, -0.25) is 0 Å². The zero-order valence-electron chi connectivity index (χ0n) is 17.8. The molecule has 0 unspecified atom stereocenters. The van der Waals surface area contributed by atoms with Crippen molar-refractivity contribution in [2.75, 3.05) is 38.1 Å². The maximum absolute atomic E-state index is 12.9. The minimum absolute atomic E-state index is 0.238. The van der Waals surface area contributed by atoms with Crippen LogP contribution >= 0.6 is 0 Å². The largest absolute Gasteiger partial charge is 0.354 e. The molecule has 0 spiro atoms. The lowest BCUT2D eigenvalue weighted by molar-refractivity contribution is 0.312. The van der Waals surface area contributed by atoms with Gasteiger partial charge in [0.2, 0.25) is 10.0 Å². The molecular weight excluding hydrogens is 396 g/mol. The number of nitrogens with zero attached hydrogens (tertiary/aromatic N) is 3. The van der Waals surface area contributed by atoms with Crippen LogP contribution in [0.1, 0.15) is 49.1 Å². The van der Waals surface area contributed by atoms with Crippen molar-refractivity contribution in [3.8, 4) is 0 Å². The Morgan fingerprint density at radius 2 is 1.70 bits per heavy atom. The first-order valence-electron chi connectivity index (χ1n) is 11.0. The number of piperazine rings is 1. The van der Waals surface area contributed by atoms with E-state index in [-0.39, 0.29) is 6.54 Å². The summed E-state index contributed by atoms with van der Waals surface area (Å²) < 4.78 is 28.5. The first-order chi connectivity index (χ1) is 14.5. The monoisotopic (exact) mass is 428 g/mol. The minimum Gasteiger partial charge on any atom is -0.354 e. The molecule has 1 N–H and O–H groups in total. The van der Waals surface area contributed by atoms with Gasteiger partial charge in [0.15, 0.2) is 0 Å². The molecule has 162 valence electrons. The molecule has 1 saturated carbocycles. The molecule has 1 saturated heterocycles. The second kappa shape index (κ2) is 9.45. The van der Waals surface area contributed by atoms with Gasteiger partial charge in [-0.2, -0.15) is 0 Å². The molecule has 0 bridgehead atoms. The van der Waals surface area contributed by atoms with Crippen LogP contribution in [-0.4, -0.2) is 51.5 Å². The molecule has 7 heteroatoms. The van der Waals surface area contributed by atoms with Gasteiger partial charge < -0.3 is 9.80 Å². The van der Waals surface area contributed by atoms with E-state index in [1.54, 1.807) is 18.3 Å². The Balaban J connectivity index is 1.43. The summed E-state index contributed by atoms with van der Waals surface area (Å²) in [6.45, 7) is 4.00. The van der Waals surface area contributed by atoms with Crippen molar-refractivity contribution >= 4 is 15.8 Å². The Morgan fingerprint density at radius 1 is 1.00 bits per heavy atom. The zero-order chi connectivity index (χ0) is 21.0. The van der Waals surface area contributed by atoms with Crippen molar-refractivity contribution in [2.24, 2.45) is 0 Å². The molecule has 6 nitrogen and oxygen atoms in total. The Hall–Kier alpha value is -1.96. The molecule has 1 aliphatic heterocycles. The lowest BCUT2D eigenvalue weighted by Crippen LogP contribution is -2.45. The van der Waals surface area contributed by atoms with Crippen LogP contribution in [-0.2, 0) is 16.6 Å². The summed E-state index contributed by atoms with van der Waals surface area (Å²) in [5.41, 5.74) is 2.17. The fraction of sp³-hybridized carbons (Fsp3) is 0.522. The lowest BCUT2D eigenvalue weighted by atomic mass is 9.84. The third-order valence-corrected chi connectivity index (χ3v) is 7.81. The van der Waals surface area contributed by atoms with Gasteiger partial charge in [-0.05, 0) is 49.6 Å². The molecule has 1 aromatic carbocycles. The first kappa shape index (κ1) is 21.3. The van der Waals surface area contributed by atoms with Gasteiger partial charge in [0.05, 0.1) is 4.90 Å². The summed E-state index contributed by atoms with van der Waals surface area (Å²) >= 11 is 0. The van der Waals surface area contributed by atoms with E-state index < -0.39 is 10.0 Å². The van der Waals surface area contributed by atoms with Crippen LogP contribution in [0.5, 0.6) is 0 Å². The normalized spacial score (nSPS) is 19.2. The molecule has 1 aliphatic carbocycles. The van der Waals surface area contributed by atoms with E-state index in [4.69, 9.17) is 0 Å². The second-order valence-corrected chi connectivity index (χ2v) is 10.3. The third kappa shape index (κ3) is 5.02. The SMILES string of the molecule is CN1CCN(c2ncccc2CNS(=O)(=O)c2ccc(C3CCCCC3)cc2)CC1. The summed E-state index contributed by atoms with van der Waals surface area (Å²) in [5.74, 6) is 1.45. The molecule has 2 aromatic rings. The molecule has 30 heavy (non-hydrogen) atoms. The van der Waals surface area contributed by atoms with Crippen LogP contribution in [0, 0.1) is 0 Å². The van der Waals surface area contributed by atoms with Crippen molar-refractivity contribution in [3.63, 3.8) is 0 Å². The molecule has 0 radical (unpaired) electrons. The Morgan fingerprint density at radius 3 is 2.40 bits per heavy atom. The van der Waals surface area contributed by atoms with Crippen LogP contribution < -0.4 is 9.62 Å². The van der Waals surface area contributed by atoms with E-state index in [1.165, 1.54) is 37.7 Å². The highest BCUT2D eigenvalue weighted by molar-refractivity contribution is 7.89. The van der Waals surface area contributed by atoms with Gasteiger partial charge in [-0.1, -0.05) is 37.5 Å². The summed E-state index contributed by atoms with van der Waals surface area (Å²) in [5, 5.41) is 0. The van der Waals surface area contributed by atoms with Crippen LogP contribution in [0.15, 0.2) is 47.5 Å². The second-order valence-electron chi connectivity index (χ2n) is 8.50. The van der Waals surface area contributed by atoms with Crippen LogP contribution in [0.2, 0.25) is 0 Å². The number of sulfonamides is 1. The van der Waals surface area contributed by atoms with E-state index in [1.807, 2.05) is 24.3 Å². The number of rotatable bonds is 6. The standard InChI is InChI=1S/C23H32N4O2S/c1-26-14-16-27(17-15-26)23-21(8-5-13-24-23)18-25-30(28,29)22-11-9-20(10-12-22)19-6-3-2-4-7-19/h5,8-13,19,25H,2-4,6-7,14-18H2,1H3. The maximum atomic E-state index is 12.9. The molecule has 0 amide bonds. The van der Waals surface area contributed by atoms with Crippen molar-refractivity contribution in [1.29, 1.82) is 0 Å². The Labute approximate surface area is 180 Å². The van der Waals surface area contributed by atoms with Crippen LogP contribution in [0.25, 0.3) is 0 Å². The quantitative estimate of drug-likeness (QED) is 0.764. The van der Waals surface area contributed by atoms with Gasteiger partial charge in [0, 0.05) is 44.5 Å². The van der Waals surface area contributed by atoms with Crippen LogP contribution in [0.3, 0.4) is 0 Å². The average Bonchev–Trinajstić information content (AvgIpc) is 2.79. The summed E-state index contributed by atoms with van der Waals surface area (Å²) in [4.78, 5) is 9.39. The highest BCUT2D eigenvalue weighted by atomic mass is 32.2. The number of aromatic nitrogens is 1. The number of anilines is 1. The molecule has 2 heterocycles. The van der Waals surface area contributed by atoms with Gasteiger partial charge >= 0.3 is 0 Å². The molecule has 2 fully saturated rings. The Bertz CT molecular complexity index is 932. The van der Waals surface area contributed by atoms with Gasteiger partial charge in [-0.25, -0.2) is 18.1 Å². The third-order valence-electron chi connectivity index (χ3n) is 6.39. The number of hydrogen-bond donors (Lipinski definition) is 1. The fourth-order valence-corrected chi connectivity index (χ4v) is 5.49. The van der Waals surface area contributed by atoms with E-state index in [0.717, 1.165) is 37.6 Å². The number of pyridine rings is 1. The predicted molar refractivity (Wildman–Crippen MR) is 120 cm³/mol. The van der Waals surface area contributed by atoms with Gasteiger partial charge in [-0.15, -0.1) is 0 Å². The number of likely N-dealkylation sites (N-methyl/N-ethyl adjacent to an activating group) is 1. The van der Waals surface area contributed by atoms with E-state index >= 15 is 0 Å². The highest BCUT2D eigenvalue weighted by Crippen LogP contribution is 2.33. The van der Waals surface area contributed by atoms with E-state index in [0.29, 0.717) is 10.8 Å². The molecule has 0 atom stereocenters. The minimum atomic E-state index is -3.57. The van der Waals surface area contributed by atoms with Crippen molar-refractivity contribution in [3.05, 3.63) is 53.7 Å². The lowest BCUT2D eigenvalue weighted by Gasteiger charge is -2.34. The number of benzene rings is 1. The van der Waals surface area contributed by atoms with E-state index in [2.05, 4.69) is 26.6 Å². The molecule has 2 aliphatic rings. The van der Waals surface area contributed by atoms with E-state index in [9.17, 15) is 8.42 Å².